The zero-order chi connectivity index (χ0) is 12.6. The zero-order valence-corrected chi connectivity index (χ0v) is 12.6. The van der Waals surface area contributed by atoms with Gasteiger partial charge in [-0.15, -0.1) is 0 Å². The molecule has 0 fully saturated rings. The van der Waals surface area contributed by atoms with E-state index in [1.807, 2.05) is 24.4 Å². The number of benzene rings is 1. The fourth-order valence-corrected chi connectivity index (χ4v) is 2.47. The fraction of sp³-hybridized carbons (Fsp3) is 0.400. The number of alkyl halides is 1. The van der Waals surface area contributed by atoms with E-state index >= 15 is 0 Å². The minimum Gasteiger partial charge on any atom is -0.477 e. The molecule has 1 aromatic heterocycles. The SMILES string of the molecule is ICCCCCCOc1nccc2ccccc12. The Morgan fingerprint density at radius 2 is 1.83 bits per heavy atom. The van der Waals surface area contributed by atoms with E-state index in [1.54, 1.807) is 0 Å². The number of rotatable bonds is 7. The Kier molecular flexibility index (Phi) is 5.71. The molecule has 0 atom stereocenters. The van der Waals surface area contributed by atoms with E-state index < -0.39 is 0 Å². The van der Waals surface area contributed by atoms with Crippen molar-refractivity contribution in [3.63, 3.8) is 0 Å². The third-order valence-electron chi connectivity index (χ3n) is 2.90. The minimum absolute atomic E-state index is 0.766. The first-order valence-corrected chi connectivity index (χ1v) is 7.97. The van der Waals surface area contributed by atoms with Crippen LogP contribution in [0.2, 0.25) is 0 Å². The molecule has 0 aliphatic carbocycles. The topological polar surface area (TPSA) is 22.1 Å². The first kappa shape index (κ1) is 13.6. The van der Waals surface area contributed by atoms with Gasteiger partial charge in [-0.1, -0.05) is 53.6 Å². The van der Waals surface area contributed by atoms with Gasteiger partial charge in [-0.05, 0) is 34.8 Å². The van der Waals surface area contributed by atoms with Gasteiger partial charge in [0.05, 0.1) is 6.61 Å². The molecule has 0 saturated heterocycles. The third-order valence-corrected chi connectivity index (χ3v) is 3.67. The van der Waals surface area contributed by atoms with Crippen molar-refractivity contribution in [2.75, 3.05) is 11.0 Å². The van der Waals surface area contributed by atoms with Crippen molar-refractivity contribution in [3.05, 3.63) is 36.5 Å². The molecule has 2 nitrogen and oxygen atoms in total. The van der Waals surface area contributed by atoms with Crippen LogP contribution in [-0.2, 0) is 0 Å². The van der Waals surface area contributed by atoms with Gasteiger partial charge >= 0.3 is 0 Å². The highest BCUT2D eigenvalue weighted by Crippen LogP contribution is 2.22. The number of aromatic nitrogens is 1. The molecule has 0 radical (unpaired) electrons. The lowest BCUT2D eigenvalue weighted by Crippen LogP contribution is -1.99. The Labute approximate surface area is 122 Å². The van der Waals surface area contributed by atoms with Gasteiger partial charge in [-0.25, -0.2) is 4.98 Å². The first-order valence-electron chi connectivity index (χ1n) is 6.44. The molecule has 0 unspecified atom stereocenters. The molecule has 18 heavy (non-hydrogen) atoms. The second-order valence-corrected chi connectivity index (χ2v) is 5.37. The summed E-state index contributed by atoms with van der Waals surface area (Å²) in [6.45, 7) is 0.766. The lowest BCUT2D eigenvalue weighted by molar-refractivity contribution is 0.298. The predicted octanol–water partition coefficient (Wildman–Crippen LogP) is 4.61. The van der Waals surface area contributed by atoms with Crippen LogP contribution in [0.25, 0.3) is 10.8 Å². The van der Waals surface area contributed by atoms with E-state index in [4.69, 9.17) is 4.74 Å². The molecule has 2 rings (SSSR count). The van der Waals surface area contributed by atoms with E-state index in [1.165, 1.54) is 29.1 Å². The van der Waals surface area contributed by atoms with Gasteiger partial charge in [0.25, 0.3) is 0 Å². The highest BCUT2D eigenvalue weighted by atomic mass is 127. The standard InChI is InChI=1S/C15H18INO/c16-10-5-1-2-6-12-18-15-14-8-4-3-7-13(14)9-11-17-15/h3-4,7-9,11H,1-2,5-6,10,12H2. The minimum atomic E-state index is 0.766. The Bertz CT molecular complexity index is 481. The van der Waals surface area contributed by atoms with Crippen LogP contribution in [0, 0.1) is 0 Å². The number of halogens is 1. The van der Waals surface area contributed by atoms with Gasteiger partial charge < -0.3 is 4.74 Å². The molecule has 2 aromatic rings. The van der Waals surface area contributed by atoms with Crippen LogP contribution in [0.5, 0.6) is 5.88 Å². The van der Waals surface area contributed by atoms with Gasteiger partial charge in [-0.3, -0.25) is 0 Å². The quantitative estimate of drug-likeness (QED) is 0.411. The van der Waals surface area contributed by atoms with Crippen LogP contribution in [0.4, 0.5) is 0 Å². The van der Waals surface area contributed by atoms with E-state index in [0.29, 0.717) is 0 Å². The maximum Gasteiger partial charge on any atom is 0.221 e. The second kappa shape index (κ2) is 7.56. The average Bonchev–Trinajstić information content (AvgIpc) is 2.43. The maximum absolute atomic E-state index is 5.79. The number of hydrogen-bond donors (Lipinski definition) is 0. The Morgan fingerprint density at radius 3 is 2.72 bits per heavy atom. The lowest BCUT2D eigenvalue weighted by Gasteiger charge is -2.07. The lowest BCUT2D eigenvalue weighted by atomic mass is 10.2. The predicted molar refractivity (Wildman–Crippen MR) is 84.6 cm³/mol. The molecule has 0 spiro atoms. The van der Waals surface area contributed by atoms with Crippen molar-refractivity contribution < 1.29 is 4.74 Å². The van der Waals surface area contributed by atoms with Crippen LogP contribution in [0.1, 0.15) is 25.7 Å². The van der Waals surface area contributed by atoms with Crippen molar-refractivity contribution in [3.8, 4) is 5.88 Å². The molecule has 0 N–H and O–H groups in total. The van der Waals surface area contributed by atoms with Crippen LogP contribution in [-0.4, -0.2) is 16.0 Å². The van der Waals surface area contributed by atoms with Crippen molar-refractivity contribution >= 4 is 33.4 Å². The number of fused-ring (bicyclic) bond motifs is 1. The number of nitrogens with zero attached hydrogens (tertiary/aromatic N) is 1. The van der Waals surface area contributed by atoms with Gasteiger partial charge in [0.1, 0.15) is 0 Å². The summed E-state index contributed by atoms with van der Waals surface area (Å²) in [4.78, 5) is 4.32. The summed E-state index contributed by atoms with van der Waals surface area (Å²) in [7, 11) is 0. The van der Waals surface area contributed by atoms with Crippen LogP contribution < -0.4 is 4.74 Å². The van der Waals surface area contributed by atoms with Crippen LogP contribution >= 0.6 is 22.6 Å². The maximum atomic E-state index is 5.79. The molecule has 0 amide bonds. The molecule has 1 heterocycles. The summed E-state index contributed by atoms with van der Waals surface area (Å²) in [5.41, 5.74) is 0. The number of hydrogen-bond acceptors (Lipinski definition) is 2. The van der Waals surface area contributed by atoms with Gasteiger partial charge in [-0.2, -0.15) is 0 Å². The molecule has 96 valence electrons. The summed E-state index contributed by atoms with van der Waals surface area (Å²) in [5, 5.41) is 2.29. The summed E-state index contributed by atoms with van der Waals surface area (Å²) in [6, 6.07) is 10.2. The Balaban J connectivity index is 1.88. The van der Waals surface area contributed by atoms with Crippen LogP contribution in [0.15, 0.2) is 36.5 Å². The van der Waals surface area contributed by atoms with Gasteiger partial charge in [0.2, 0.25) is 5.88 Å². The molecule has 0 aliphatic rings. The molecular weight excluding hydrogens is 337 g/mol. The normalized spacial score (nSPS) is 10.7. The van der Waals surface area contributed by atoms with Crippen LogP contribution in [0.3, 0.4) is 0 Å². The Morgan fingerprint density at radius 1 is 1.00 bits per heavy atom. The van der Waals surface area contributed by atoms with Gasteiger partial charge in [0, 0.05) is 11.6 Å². The average molecular weight is 355 g/mol. The smallest absolute Gasteiger partial charge is 0.221 e. The molecule has 3 heteroatoms. The van der Waals surface area contributed by atoms with E-state index in [0.717, 1.165) is 24.3 Å². The molecule has 0 aliphatic heterocycles. The second-order valence-electron chi connectivity index (χ2n) is 4.29. The zero-order valence-electron chi connectivity index (χ0n) is 10.4. The molecule has 0 bridgehead atoms. The summed E-state index contributed by atoms with van der Waals surface area (Å²) in [6.07, 6.45) is 6.78. The highest BCUT2D eigenvalue weighted by Gasteiger charge is 2.02. The molecule has 1 aromatic carbocycles. The Hall–Kier alpha value is -0.840. The fourth-order valence-electron chi connectivity index (χ4n) is 1.93. The third kappa shape index (κ3) is 3.83. The largest absolute Gasteiger partial charge is 0.477 e. The van der Waals surface area contributed by atoms with Crippen molar-refractivity contribution in [1.29, 1.82) is 0 Å². The van der Waals surface area contributed by atoms with E-state index in [9.17, 15) is 0 Å². The molecular formula is C15H18INO. The number of pyridine rings is 1. The van der Waals surface area contributed by atoms with Gasteiger partial charge in [0.15, 0.2) is 0 Å². The highest BCUT2D eigenvalue weighted by molar-refractivity contribution is 14.1. The first-order chi connectivity index (χ1) is 8.92. The van der Waals surface area contributed by atoms with Crippen molar-refractivity contribution in [2.24, 2.45) is 0 Å². The number of ether oxygens (including phenoxy) is 1. The van der Waals surface area contributed by atoms with E-state index in [-0.39, 0.29) is 0 Å². The monoisotopic (exact) mass is 355 g/mol. The summed E-state index contributed by atoms with van der Waals surface area (Å²) >= 11 is 2.43. The summed E-state index contributed by atoms with van der Waals surface area (Å²) in [5.74, 6) is 0.766. The number of unbranched alkanes of at least 4 members (excludes halogenated alkanes) is 3. The molecule has 0 saturated carbocycles. The van der Waals surface area contributed by atoms with Crippen molar-refractivity contribution in [1.82, 2.24) is 4.98 Å². The van der Waals surface area contributed by atoms with Crippen molar-refractivity contribution in [2.45, 2.75) is 25.7 Å². The summed E-state index contributed by atoms with van der Waals surface area (Å²) < 4.78 is 7.04. The van der Waals surface area contributed by atoms with E-state index in [2.05, 4.69) is 39.7 Å².